The number of aryl methyl sites for hydroxylation is 1. The van der Waals surface area contributed by atoms with Gasteiger partial charge in [0.05, 0.1) is 14.2 Å². The second-order valence-electron chi connectivity index (χ2n) is 6.34. The van der Waals surface area contributed by atoms with Gasteiger partial charge in [-0.25, -0.2) is 4.98 Å². The molecule has 1 heterocycles. The van der Waals surface area contributed by atoms with Crippen LogP contribution in [-0.2, 0) is 9.53 Å². The summed E-state index contributed by atoms with van der Waals surface area (Å²) < 4.78 is 16.1. The molecule has 0 aliphatic carbocycles. The highest BCUT2D eigenvalue weighted by Gasteiger charge is 2.22. The normalized spacial score (nSPS) is 11.6. The lowest BCUT2D eigenvalue weighted by Gasteiger charge is -2.17. The number of rotatable bonds is 7. The highest BCUT2D eigenvalue weighted by Crippen LogP contribution is 2.33. The molecule has 0 spiro atoms. The largest absolute Gasteiger partial charge is 0.493 e. The Kier molecular flexibility index (Phi) is 6.41. The molecule has 7 heteroatoms. The third-order valence-electron chi connectivity index (χ3n) is 4.45. The van der Waals surface area contributed by atoms with Gasteiger partial charge in [-0.3, -0.25) is 9.78 Å². The van der Waals surface area contributed by atoms with Crippen LogP contribution in [0.3, 0.4) is 0 Å². The average Bonchev–Trinajstić information content (AvgIpc) is 2.75. The minimum atomic E-state index is -0.768. The van der Waals surface area contributed by atoms with Crippen molar-refractivity contribution in [1.82, 2.24) is 9.97 Å². The number of anilines is 1. The Hall–Kier alpha value is -3.45. The molecule has 3 rings (SSSR count). The summed E-state index contributed by atoms with van der Waals surface area (Å²) >= 11 is 0. The molecule has 1 unspecified atom stereocenters. The fourth-order valence-electron chi connectivity index (χ4n) is 2.94. The van der Waals surface area contributed by atoms with E-state index in [-0.39, 0.29) is 5.91 Å². The molecular formula is C22H23N3O4. The molecule has 1 amide bonds. The van der Waals surface area contributed by atoms with Crippen molar-refractivity contribution >= 4 is 11.7 Å². The van der Waals surface area contributed by atoms with Gasteiger partial charge in [0.1, 0.15) is 5.69 Å². The maximum atomic E-state index is 12.9. The molecule has 0 bridgehead atoms. The average molecular weight is 393 g/mol. The van der Waals surface area contributed by atoms with E-state index in [0.717, 1.165) is 16.7 Å². The summed E-state index contributed by atoms with van der Waals surface area (Å²) in [5.74, 6) is 1.16. The Morgan fingerprint density at radius 1 is 0.931 bits per heavy atom. The van der Waals surface area contributed by atoms with E-state index in [1.807, 2.05) is 37.3 Å². The lowest BCUT2D eigenvalue weighted by molar-refractivity contribution is -0.126. The van der Waals surface area contributed by atoms with Crippen LogP contribution in [0.5, 0.6) is 11.5 Å². The van der Waals surface area contributed by atoms with Gasteiger partial charge in [0.25, 0.3) is 5.91 Å². The molecular weight excluding hydrogens is 370 g/mol. The van der Waals surface area contributed by atoms with E-state index >= 15 is 0 Å². The van der Waals surface area contributed by atoms with Crippen LogP contribution in [0.25, 0.3) is 11.3 Å². The number of amides is 1. The van der Waals surface area contributed by atoms with Crippen molar-refractivity contribution in [2.75, 3.05) is 26.6 Å². The van der Waals surface area contributed by atoms with Gasteiger partial charge in [-0.05, 0) is 30.7 Å². The van der Waals surface area contributed by atoms with Crippen molar-refractivity contribution in [1.29, 1.82) is 0 Å². The van der Waals surface area contributed by atoms with E-state index in [1.165, 1.54) is 13.3 Å². The van der Waals surface area contributed by atoms with Crippen molar-refractivity contribution in [3.05, 3.63) is 66.0 Å². The predicted molar refractivity (Wildman–Crippen MR) is 110 cm³/mol. The molecule has 0 saturated carbocycles. The molecule has 2 aromatic carbocycles. The maximum Gasteiger partial charge on any atom is 0.259 e. The van der Waals surface area contributed by atoms with Crippen molar-refractivity contribution in [2.24, 2.45) is 0 Å². The summed E-state index contributed by atoms with van der Waals surface area (Å²) in [4.78, 5) is 21.6. The first kappa shape index (κ1) is 20.3. The standard InChI is InChI=1S/C22H23N3O4/c1-14-5-7-15(8-6-14)20(29-4)22(26)25-21-19(23-11-12-24-21)16-9-10-17(27-2)18(13-16)28-3/h5-13,20H,1-4H3,(H,24,25,26). The fraction of sp³-hybridized carbons (Fsp3) is 0.227. The van der Waals surface area contributed by atoms with Crippen LogP contribution < -0.4 is 14.8 Å². The number of benzene rings is 2. The summed E-state index contributed by atoms with van der Waals surface area (Å²) in [7, 11) is 4.63. The summed E-state index contributed by atoms with van der Waals surface area (Å²) in [5.41, 5.74) is 3.11. The molecule has 29 heavy (non-hydrogen) atoms. The van der Waals surface area contributed by atoms with E-state index in [9.17, 15) is 4.79 Å². The monoisotopic (exact) mass is 393 g/mol. The zero-order valence-corrected chi connectivity index (χ0v) is 16.8. The van der Waals surface area contributed by atoms with Gasteiger partial charge in [0.2, 0.25) is 0 Å². The highest BCUT2D eigenvalue weighted by atomic mass is 16.5. The fourth-order valence-corrected chi connectivity index (χ4v) is 2.94. The first-order valence-electron chi connectivity index (χ1n) is 9.01. The first-order valence-corrected chi connectivity index (χ1v) is 9.01. The van der Waals surface area contributed by atoms with Gasteiger partial charge < -0.3 is 19.5 Å². The Bertz CT molecular complexity index is 990. The molecule has 150 valence electrons. The number of carbonyl (C=O) groups excluding carboxylic acids is 1. The number of nitrogens with one attached hydrogen (secondary N) is 1. The van der Waals surface area contributed by atoms with Crippen LogP contribution in [-0.4, -0.2) is 37.2 Å². The quantitative estimate of drug-likeness (QED) is 0.658. The SMILES string of the molecule is COc1ccc(-c2nccnc2NC(=O)C(OC)c2ccc(C)cc2)cc1OC. The Balaban J connectivity index is 1.91. The third-order valence-corrected chi connectivity index (χ3v) is 4.45. The van der Waals surface area contributed by atoms with Gasteiger partial charge in [0.15, 0.2) is 23.4 Å². The number of ether oxygens (including phenoxy) is 3. The van der Waals surface area contributed by atoms with E-state index in [4.69, 9.17) is 14.2 Å². The maximum absolute atomic E-state index is 12.9. The molecule has 3 aromatic rings. The van der Waals surface area contributed by atoms with Crippen LogP contribution in [0.15, 0.2) is 54.9 Å². The predicted octanol–water partition coefficient (Wildman–Crippen LogP) is 3.80. The summed E-state index contributed by atoms with van der Waals surface area (Å²) in [6.45, 7) is 1.99. The Labute approximate surface area is 169 Å². The molecule has 0 fully saturated rings. The Morgan fingerprint density at radius 3 is 2.28 bits per heavy atom. The van der Waals surface area contributed by atoms with E-state index < -0.39 is 6.10 Å². The van der Waals surface area contributed by atoms with Crippen LogP contribution in [0.4, 0.5) is 5.82 Å². The van der Waals surface area contributed by atoms with E-state index in [1.54, 1.807) is 32.5 Å². The smallest absolute Gasteiger partial charge is 0.259 e. The molecule has 0 aliphatic heterocycles. The molecule has 1 atom stereocenters. The van der Waals surface area contributed by atoms with Gasteiger partial charge >= 0.3 is 0 Å². The molecule has 0 saturated heterocycles. The van der Waals surface area contributed by atoms with Crippen molar-refractivity contribution < 1.29 is 19.0 Å². The van der Waals surface area contributed by atoms with E-state index in [0.29, 0.717) is 23.0 Å². The molecule has 0 aliphatic rings. The second kappa shape index (κ2) is 9.16. The minimum absolute atomic E-state index is 0.332. The van der Waals surface area contributed by atoms with Crippen molar-refractivity contribution in [2.45, 2.75) is 13.0 Å². The number of methoxy groups -OCH3 is 3. The van der Waals surface area contributed by atoms with Crippen LogP contribution >= 0.6 is 0 Å². The molecule has 1 aromatic heterocycles. The van der Waals surface area contributed by atoms with Crippen LogP contribution in [0.1, 0.15) is 17.2 Å². The minimum Gasteiger partial charge on any atom is -0.493 e. The van der Waals surface area contributed by atoms with Gasteiger partial charge in [-0.2, -0.15) is 0 Å². The van der Waals surface area contributed by atoms with Gasteiger partial charge in [0, 0.05) is 25.1 Å². The third kappa shape index (κ3) is 4.52. The molecule has 0 radical (unpaired) electrons. The lowest BCUT2D eigenvalue weighted by Crippen LogP contribution is -2.23. The van der Waals surface area contributed by atoms with E-state index in [2.05, 4.69) is 15.3 Å². The summed E-state index contributed by atoms with van der Waals surface area (Å²) in [5, 5.41) is 2.83. The lowest BCUT2D eigenvalue weighted by atomic mass is 10.1. The first-order chi connectivity index (χ1) is 14.1. The van der Waals surface area contributed by atoms with Crippen LogP contribution in [0.2, 0.25) is 0 Å². The topological polar surface area (TPSA) is 82.6 Å². The number of carbonyl (C=O) groups is 1. The number of hydrogen-bond acceptors (Lipinski definition) is 6. The van der Waals surface area contributed by atoms with Crippen molar-refractivity contribution in [3.63, 3.8) is 0 Å². The zero-order chi connectivity index (χ0) is 20.8. The number of hydrogen-bond donors (Lipinski definition) is 1. The number of nitrogens with zero attached hydrogens (tertiary/aromatic N) is 2. The second-order valence-corrected chi connectivity index (χ2v) is 6.34. The van der Waals surface area contributed by atoms with Crippen molar-refractivity contribution in [3.8, 4) is 22.8 Å². The van der Waals surface area contributed by atoms with Gasteiger partial charge in [-0.1, -0.05) is 29.8 Å². The molecule has 7 nitrogen and oxygen atoms in total. The molecule has 1 N–H and O–H groups in total. The summed E-state index contributed by atoms with van der Waals surface area (Å²) in [6.07, 6.45) is 2.32. The van der Waals surface area contributed by atoms with Gasteiger partial charge in [-0.15, -0.1) is 0 Å². The Morgan fingerprint density at radius 2 is 1.62 bits per heavy atom. The summed E-state index contributed by atoms with van der Waals surface area (Å²) in [6, 6.07) is 13.0. The zero-order valence-electron chi connectivity index (χ0n) is 16.8. The highest BCUT2D eigenvalue weighted by molar-refractivity contribution is 5.96. The number of aromatic nitrogens is 2. The van der Waals surface area contributed by atoms with Crippen LogP contribution in [0, 0.1) is 6.92 Å².